The lowest BCUT2D eigenvalue weighted by molar-refractivity contribution is 0.0701. The van der Waals surface area contributed by atoms with Gasteiger partial charge in [-0.1, -0.05) is 11.3 Å². The fourth-order valence-electron chi connectivity index (χ4n) is 0.971. The SMILES string of the molecule is Cc1nc(NCCS(N)(=O)=O)sc1C(=O)O. The lowest BCUT2D eigenvalue weighted by Gasteiger charge is -1.99. The summed E-state index contributed by atoms with van der Waals surface area (Å²) in [4.78, 5) is 14.8. The number of thiazole rings is 1. The molecular weight excluding hydrogens is 254 g/mol. The van der Waals surface area contributed by atoms with Gasteiger partial charge in [-0.15, -0.1) is 0 Å². The highest BCUT2D eigenvalue weighted by molar-refractivity contribution is 7.89. The van der Waals surface area contributed by atoms with Crippen molar-refractivity contribution >= 4 is 32.5 Å². The highest BCUT2D eigenvalue weighted by Crippen LogP contribution is 2.21. The summed E-state index contributed by atoms with van der Waals surface area (Å²) >= 11 is 0.961. The van der Waals surface area contributed by atoms with Gasteiger partial charge >= 0.3 is 5.97 Å². The summed E-state index contributed by atoms with van der Waals surface area (Å²) < 4.78 is 21.3. The summed E-state index contributed by atoms with van der Waals surface area (Å²) in [6.07, 6.45) is 0. The first-order chi connectivity index (χ1) is 7.29. The quantitative estimate of drug-likeness (QED) is 0.680. The summed E-state index contributed by atoms with van der Waals surface area (Å²) in [5, 5.41) is 16.6. The number of primary sulfonamides is 1. The maximum absolute atomic E-state index is 10.7. The Morgan fingerprint density at radius 2 is 2.25 bits per heavy atom. The predicted molar refractivity (Wildman–Crippen MR) is 60.3 cm³/mol. The van der Waals surface area contributed by atoms with Crippen LogP contribution in [0.3, 0.4) is 0 Å². The average Bonchev–Trinajstić information content (AvgIpc) is 2.44. The summed E-state index contributed by atoms with van der Waals surface area (Å²) in [5.74, 6) is -1.27. The summed E-state index contributed by atoms with van der Waals surface area (Å²) in [5.41, 5.74) is 0.399. The number of sulfonamides is 1. The molecule has 0 bridgehead atoms. The molecule has 0 aliphatic heterocycles. The molecule has 0 aliphatic rings. The van der Waals surface area contributed by atoms with Crippen LogP contribution in [0.5, 0.6) is 0 Å². The fourth-order valence-corrected chi connectivity index (χ4v) is 2.19. The molecule has 0 saturated carbocycles. The van der Waals surface area contributed by atoms with Gasteiger partial charge in [0.05, 0.1) is 11.4 Å². The molecule has 0 atom stereocenters. The molecule has 16 heavy (non-hydrogen) atoms. The molecule has 7 nitrogen and oxygen atoms in total. The van der Waals surface area contributed by atoms with Crippen molar-refractivity contribution in [2.75, 3.05) is 17.6 Å². The lowest BCUT2D eigenvalue weighted by atomic mass is 10.4. The van der Waals surface area contributed by atoms with Crippen LogP contribution in [0.25, 0.3) is 0 Å². The molecule has 1 aromatic rings. The van der Waals surface area contributed by atoms with Crippen LogP contribution in [-0.2, 0) is 10.0 Å². The molecule has 0 radical (unpaired) electrons. The van der Waals surface area contributed by atoms with Crippen molar-refractivity contribution in [3.8, 4) is 0 Å². The molecule has 1 rings (SSSR count). The zero-order valence-electron chi connectivity index (χ0n) is 8.43. The number of carbonyl (C=O) groups is 1. The van der Waals surface area contributed by atoms with Crippen LogP contribution in [0.1, 0.15) is 15.4 Å². The number of aromatic nitrogens is 1. The first-order valence-electron chi connectivity index (χ1n) is 4.24. The number of aromatic carboxylic acids is 1. The molecule has 0 aromatic carbocycles. The maximum atomic E-state index is 10.7. The van der Waals surface area contributed by atoms with Gasteiger partial charge in [0.1, 0.15) is 4.88 Å². The van der Waals surface area contributed by atoms with E-state index in [1.54, 1.807) is 6.92 Å². The Morgan fingerprint density at radius 3 is 2.69 bits per heavy atom. The summed E-state index contributed by atoms with van der Waals surface area (Å²) in [7, 11) is -3.52. The molecule has 0 spiro atoms. The van der Waals surface area contributed by atoms with E-state index in [0.29, 0.717) is 10.8 Å². The third kappa shape index (κ3) is 3.76. The van der Waals surface area contributed by atoms with Crippen LogP contribution in [0.2, 0.25) is 0 Å². The lowest BCUT2D eigenvalue weighted by Crippen LogP contribution is -2.22. The third-order valence-corrected chi connectivity index (χ3v) is 3.53. The van der Waals surface area contributed by atoms with Crippen LogP contribution in [0.15, 0.2) is 0 Å². The van der Waals surface area contributed by atoms with Crippen LogP contribution in [0, 0.1) is 6.92 Å². The first kappa shape index (κ1) is 12.9. The average molecular weight is 265 g/mol. The Balaban J connectivity index is 2.62. The zero-order chi connectivity index (χ0) is 12.3. The molecule has 0 fully saturated rings. The van der Waals surface area contributed by atoms with E-state index in [1.165, 1.54) is 0 Å². The molecular formula is C7H11N3O4S2. The minimum absolute atomic E-state index is 0.102. The number of hydrogen-bond donors (Lipinski definition) is 3. The highest BCUT2D eigenvalue weighted by atomic mass is 32.2. The number of aryl methyl sites for hydroxylation is 1. The number of nitrogens with two attached hydrogens (primary N) is 1. The van der Waals surface area contributed by atoms with Crippen LogP contribution in [-0.4, -0.2) is 36.8 Å². The second-order valence-electron chi connectivity index (χ2n) is 3.03. The molecule has 0 saturated heterocycles. The van der Waals surface area contributed by atoms with Crippen molar-refractivity contribution in [2.24, 2.45) is 5.14 Å². The van der Waals surface area contributed by atoms with E-state index in [4.69, 9.17) is 10.2 Å². The molecule has 1 aromatic heterocycles. The van der Waals surface area contributed by atoms with Gasteiger partial charge in [0, 0.05) is 6.54 Å². The van der Waals surface area contributed by atoms with Gasteiger partial charge in [0.2, 0.25) is 10.0 Å². The monoisotopic (exact) mass is 265 g/mol. The zero-order valence-corrected chi connectivity index (χ0v) is 10.1. The molecule has 9 heteroatoms. The normalized spacial score (nSPS) is 11.4. The summed E-state index contributed by atoms with van der Waals surface area (Å²) in [6, 6.07) is 0. The number of carboxylic acid groups (broad SMARTS) is 1. The molecule has 0 amide bonds. The number of nitrogens with zero attached hydrogens (tertiary/aromatic N) is 1. The minimum atomic E-state index is -3.52. The number of hydrogen-bond acceptors (Lipinski definition) is 6. The van der Waals surface area contributed by atoms with Gasteiger partial charge in [-0.2, -0.15) is 0 Å². The van der Waals surface area contributed by atoms with Gasteiger partial charge in [-0.25, -0.2) is 23.3 Å². The number of nitrogens with one attached hydrogen (secondary N) is 1. The van der Waals surface area contributed by atoms with Crippen LogP contribution >= 0.6 is 11.3 Å². The standard InChI is InChI=1S/C7H11N3O4S2/c1-4-5(6(11)12)15-7(10-4)9-2-3-16(8,13)14/h2-3H2,1H3,(H,9,10)(H,11,12)(H2,8,13,14). The highest BCUT2D eigenvalue weighted by Gasteiger charge is 2.13. The van der Waals surface area contributed by atoms with Gasteiger partial charge in [0.25, 0.3) is 0 Å². The van der Waals surface area contributed by atoms with Crippen LogP contribution < -0.4 is 10.5 Å². The maximum Gasteiger partial charge on any atom is 0.347 e. The Hall–Kier alpha value is -1.19. The topological polar surface area (TPSA) is 122 Å². The third-order valence-electron chi connectivity index (χ3n) is 1.65. The number of rotatable bonds is 5. The van der Waals surface area contributed by atoms with Crippen molar-refractivity contribution in [2.45, 2.75) is 6.92 Å². The van der Waals surface area contributed by atoms with E-state index in [0.717, 1.165) is 11.3 Å². The van der Waals surface area contributed by atoms with E-state index in [-0.39, 0.29) is 17.2 Å². The van der Waals surface area contributed by atoms with E-state index < -0.39 is 16.0 Å². The van der Waals surface area contributed by atoms with E-state index in [2.05, 4.69) is 10.3 Å². The van der Waals surface area contributed by atoms with E-state index >= 15 is 0 Å². The molecule has 1 heterocycles. The van der Waals surface area contributed by atoms with Crippen LogP contribution in [0.4, 0.5) is 5.13 Å². The smallest absolute Gasteiger partial charge is 0.347 e. The molecule has 90 valence electrons. The molecule has 0 unspecified atom stereocenters. The van der Waals surface area contributed by atoms with Crippen molar-refractivity contribution in [3.05, 3.63) is 10.6 Å². The number of carboxylic acids is 1. The second-order valence-corrected chi connectivity index (χ2v) is 5.77. The Morgan fingerprint density at radius 1 is 1.62 bits per heavy atom. The fraction of sp³-hybridized carbons (Fsp3) is 0.429. The minimum Gasteiger partial charge on any atom is -0.477 e. The Labute approximate surface area is 96.4 Å². The van der Waals surface area contributed by atoms with Crippen molar-refractivity contribution in [1.29, 1.82) is 0 Å². The Kier molecular flexibility index (Phi) is 3.83. The predicted octanol–water partition coefficient (Wildman–Crippen LogP) is -0.150. The molecule has 4 N–H and O–H groups in total. The molecule has 0 aliphatic carbocycles. The number of anilines is 1. The van der Waals surface area contributed by atoms with Gasteiger partial charge in [0.15, 0.2) is 5.13 Å². The first-order valence-corrected chi connectivity index (χ1v) is 6.78. The van der Waals surface area contributed by atoms with E-state index in [9.17, 15) is 13.2 Å². The van der Waals surface area contributed by atoms with E-state index in [1.807, 2.05) is 0 Å². The second kappa shape index (κ2) is 4.76. The van der Waals surface area contributed by atoms with Crippen molar-refractivity contribution in [1.82, 2.24) is 4.98 Å². The van der Waals surface area contributed by atoms with Gasteiger partial charge < -0.3 is 10.4 Å². The van der Waals surface area contributed by atoms with Crippen molar-refractivity contribution < 1.29 is 18.3 Å². The van der Waals surface area contributed by atoms with Gasteiger partial charge in [-0.3, -0.25) is 0 Å². The summed E-state index contributed by atoms with van der Waals surface area (Å²) in [6.45, 7) is 1.68. The van der Waals surface area contributed by atoms with Crippen molar-refractivity contribution in [3.63, 3.8) is 0 Å². The largest absolute Gasteiger partial charge is 0.477 e. The van der Waals surface area contributed by atoms with Gasteiger partial charge in [-0.05, 0) is 6.92 Å². The Bertz CT molecular complexity index is 494.